The minimum atomic E-state index is -0.938. The van der Waals surface area contributed by atoms with E-state index in [9.17, 15) is 19.1 Å². The Labute approximate surface area is 150 Å². The van der Waals surface area contributed by atoms with E-state index in [1.165, 1.54) is 12.1 Å². The fourth-order valence-corrected chi connectivity index (χ4v) is 3.47. The molecule has 8 heteroatoms. The summed E-state index contributed by atoms with van der Waals surface area (Å²) in [6, 6.07) is 3.50. The highest BCUT2D eigenvalue weighted by Crippen LogP contribution is 2.29. The summed E-state index contributed by atoms with van der Waals surface area (Å²) in [5, 5.41) is 13.3. The number of likely N-dealkylation sites (N-methyl/N-ethyl adjacent to an activating group) is 1. The first-order chi connectivity index (χ1) is 12.5. The molecule has 26 heavy (non-hydrogen) atoms. The van der Waals surface area contributed by atoms with Crippen molar-refractivity contribution in [1.29, 1.82) is 0 Å². The van der Waals surface area contributed by atoms with Gasteiger partial charge in [-0.3, -0.25) is 19.4 Å². The Kier molecular flexibility index (Phi) is 5.53. The van der Waals surface area contributed by atoms with Crippen LogP contribution in [0.4, 0.5) is 4.39 Å². The number of hydrogen-bond acceptors (Lipinski definition) is 4. The zero-order chi connectivity index (χ0) is 18.7. The second kappa shape index (κ2) is 7.84. The maximum Gasteiger partial charge on any atom is 0.325 e. The molecule has 2 aromatic rings. The predicted molar refractivity (Wildman–Crippen MR) is 95.3 cm³/mol. The van der Waals surface area contributed by atoms with Crippen LogP contribution in [0.2, 0.25) is 0 Å². The van der Waals surface area contributed by atoms with Gasteiger partial charge in [-0.2, -0.15) is 0 Å². The second-order valence-electron chi connectivity index (χ2n) is 6.44. The lowest BCUT2D eigenvalue weighted by Gasteiger charge is -2.37. The van der Waals surface area contributed by atoms with Crippen LogP contribution in [-0.4, -0.2) is 71.0 Å². The minimum Gasteiger partial charge on any atom is -0.480 e. The number of fused-ring (bicyclic) bond motifs is 1. The number of hydrogen-bond donors (Lipinski definition) is 3. The van der Waals surface area contributed by atoms with E-state index < -0.39 is 12.0 Å². The van der Waals surface area contributed by atoms with Crippen LogP contribution in [0.1, 0.15) is 18.5 Å². The summed E-state index contributed by atoms with van der Waals surface area (Å²) in [4.78, 5) is 30.5. The molecule has 0 radical (unpaired) electrons. The van der Waals surface area contributed by atoms with Crippen LogP contribution in [-0.2, 0) is 9.59 Å². The number of carboxylic acid groups (broad SMARTS) is 1. The number of halogens is 1. The van der Waals surface area contributed by atoms with Crippen LogP contribution >= 0.6 is 0 Å². The van der Waals surface area contributed by atoms with Crippen molar-refractivity contribution in [2.75, 3.05) is 39.3 Å². The zero-order valence-corrected chi connectivity index (χ0v) is 14.7. The predicted octanol–water partition coefficient (Wildman–Crippen LogP) is 1.19. The van der Waals surface area contributed by atoms with E-state index in [2.05, 4.69) is 10.3 Å². The van der Waals surface area contributed by atoms with Crippen molar-refractivity contribution in [3.8, 4) is 0 Å². The Hall–Kier alpha value is -2.45. The van der Waals surface area contributed by atoms with Gasteiger partial charge in [0.25, 0.3) is 0 Å². The Balaban J connectivity index is 1.73. The number of piperazine rings is 1. The number of carbonyl (C=O) groups excluding carboxylic acids is 1. The Bertz CT molecular complexity index is 799. The van der Waals surface area contributed by atoms with Crippen LogP contribution < -0.4 is 5.32 Å². The van der Waals surface area contributed by atoms with Crippen molar-refractivity contribution in [1.82, 2.24) is 20.1 Å². The molecule has 0 bridgehead atoms. The number of aromatic nitrogens is 1. The molecule has 0 saturated carbocycles. The molecule has 1 aliphatic heterocycles. The highest BCUT2D eigenvalue weighted by Gasteiger charge is 2.32. The number of carboxylic acids is 1. The van der Waals surface area contributed by atoms with Crippen molar-refractivity contribution < 1.29 is 19.1 Å². The number of rotatable bonds is 6. The highest BCUT2D eigenvalue weighted by molar-refractivity contribution is 5.89. The van der Waals surface area contributed by atoms with Crippen LogP contribution in [0.5, 0.6) is 0 Å². The first-order valence-corrected chi connectivity index (χ1v) is 8.72. The van der Waals surface area contributed by atoms with Gasteiger partial charge in [-0.15, -0.1) is 0 Å². The molecule has 7 nitrogen and oxygen atoms in total. The molecule has 1 atom stereocenters. The molecule has 1 fully saturated rings. The third kappa shape index (κ3) is 3.86. The molecular weight excluding hydrogens is 339 g/mol. The Morgan fingerprint density at radius 3 is 2.69 bits per heavy atom. The van der Waals surface area contributed by atoms with E-state index in [1.807, 2.05) is 16.7 Å². The molecule has 2 heterocycles. The summed E-state index contributed by atoms with van der Waals surface area (Å²) >= 11 is 0. The maximum absolute atomic E-state index is 13.4. The maximum atomic E-state index is 13.4. The summed E-state index contributed by atoms with van der Waals surface area (Å²) in [7, 11) is 0. The van der Waals surface area contributed by atoms with Gasteiger partial charge in [0.15, 0.2) is 0 Å². The standard InChI is InChI=1S/C18H23FN4O3/c1-2-20-16(24)11-22-5-7-23(8-6-22)17(18(25)26)14-10-21-15-9-12(19)3-4-13(14)15/h3-4,9-10,17,21H,2,5-8,11H2,1H3,(H,20,24)(H,25,26)/t17-/m0/s1. The molecule has 1 saturated heterocycles. The molecule has 140 valence electrons. The summed E-state index contributed by atoms with van der Waals surface area (Å²) in [5.41, 5.74) is 1.21. The number of benzene rings is 1. The number of carbonyl (C=O) groups is 2. The number of nitrogens with one attached hydrogen (secondary N) is 2. The second-order valence-corrected chi connectivity index (χ2v) is 6.44. The van der Waals surface area contributed by atoms with Gasteiger partial charge in [0, 0.05) is 55.4 Å². The average molecular weight is 362 g/mol. The van der Waals surface area contributed by atoms with Gasteiger partial charge in [0.05, 0.1) is 6.54 Å². The molecule has 1 aromatic heterocycles. The molecule has 1 amide bonds. The first kappa shape index (κ1) is 18.3. The third-order valence-corrected chi connectivity index (χ3v) is 4.72. The van der Waals surface area contributed by atoms with Crippen molar-refractivity contribution in [3.63, 3.8) is 0 Å². The van der Waals surface area contributed by atoms with E-state index in [4.69, 9.17) is 0 Å². The lowest BCUT2D eigenvalue weighted by Crippen LogP contribution is -2.51. The van der Waals surface area contributed by atoms with E-state index in [1.54, 1.807) is 12.3 Å². The molecule has 0 unspecified atom stereocenters. The number of nitrogens with zero attached hydrogens (tertiary/aromatic N) is 2. The summed E-state index contributed by atoms with van der Waals surface area (Å²) in [5.74, 6) is -1.32. The number of amides is 1. The van der Waals surface area contributed by atoms with Gasteiger partial charge in [-0.1, -0.05) is 0 Å². The first-order valence-electron chi connectivity index (χ1n) is 8.72. The highest BCUT2D eigenvalue weighted by atomic mass is 19.1. The van der Waals surface area contributed by atoms with Crippen molar-refractivity contribution in [3.05, 3.63) is 35.8 Å². The monoisotopic (exact) mass is 362 g/mol. The van der Waals surface area contributed by atoms with Crippen molar-refractivity contribution >= 4 is 22.8 Å². The molecule has 3 N–H and O–H groups in total. The third-order valence-electron chi connectivity index (χ3n) is 4.72. The van der Waals surface area contributed by atoms with E-state index >= 15 is 0 Å². The van der Waals surface area contributed by atoms with Gasteiger partial charge in [-0.25, -0.2) is 4.39 Å². The van der Waals surface area contributed by atoms with Crippen LogP contribution in [0.15, 0.2) is 24.4 Å². The lowest BCUT2D eigenvalue weighted by atomic mass is 10.0. The largest absolute Gasteiger partial charge is 0.480 e. The fourth-order valence-electron chi connectivity index (χ4n) is 3.47. The summed E-state index contributed by atoms with van der Waals surface area (Å²) < 4.78 is 13.4. The lowest BCUT2D eigenvalue weighted by molar-refractivity contribution is -0.144. The number of aliphatic carboxylic acids is 1. The van der Waals surface area contributed by atoms with E-state index in [0.29, 0.717) is 55.7 Å². The quantitative estimate of drug-likeness (QED) is 0.718. The van der Waals surface area contributed by atoms with Crippen LogP contribution in [0.25, 0.3) is 10.9 Å². The number of H-pyrrole nitrogens is 1. The topological polar surface area (TPSA) is 88.7 Å². The molecule has 3 rings (SSSR count). The Morgan fingerprint density at radius 1 is 1.31 bits per heavy atom. The van der Waals surface area contributed by atoms with Gasteiger partial charge >= 0.3 is 5.97 Å². The van der Waals surface area contributed by atoms with Gasteiger partial charge in [-0.05, 0) is 25.1 Å². The molecule has 0 spiro atoms. The summed E-state index contributed by atoms with van der Waals surface area (Å²) in [6.45, 7) is 5.14. The van der Waals surface area contributed by atoms with Crippen LogP contribution in [0.3, 0.4) is 0 Å². The summed E-state index contributed by atoms with van der Waals surface area (Å²) in [6.07, 6.45) is 1.64. The molecule has 1 aliphatic rings. The van der Waals surface area contributed by atoms with Crippen molar-refractivity contribution in [2.45, 2.75) is 13.0 Å². The van der Waals surface area contributed by atoms with Gasteiger partial charge < -0.3 is 15.4 Å². The fraction of sp³-hybridized carbons (Fsp3) is 0.444. The zero-order valence-electron chi connectivity index (χ0n) is 14.7. The minimum absolute atomic E-state index is 0.0191. The molecule has 0 aliphatic carbocycles. The Morgan fingerprint density at radius 2 is 2.04 bits per heavy atom. The smallest absolute Gasteiger partial charge is 0.325 e. The van der Waals surface area contributed by atoms with Crippen molar-refractivity contribution in [2.24, 2.45) is 0 Å². The number of aromatic amines is 1. The molecule has 1 aromatic carbocycles. The van der Waals surface area contributed by atoms with E-state index in [0.717, 1.165) is 0 Å². The SMILES string of the molecule is CCNC(=O)CN1CCN([C@H](C(=O)O)c2c[nH]c3cc(F)ccc23)CC1. The van der Waals surface area contributed by atoms with E-state index in [-0.39, 0.29) is 11.7 Å². The van der Waals surface area contributed by atoms with Gasteiger partial charge in [0.1, 0.15) is 11.9 Å². The van der Waals surface area contributed by atoms with Gasteiger partial charge in [0.2, 0.25) is 5.91 Å². The van der Waals surface area contributed by atoms with Crippen LogP contribution in [0, 0.1) is 5.82 Å². The normalized spacial score (nSPS) is 17.3. The average Bonchev–Trinajstić information content (AvgIpc) is 2.99. The molecular formula is C18H23FN4O3.